The van der Waals surface area contributed by atoms with E-state index < -0.39 is 31.9 Å². The first-order valence-electron chi connectivity index (χ1n) is 9.45. The third-order valence-corrected chi connectivity index (χ3v) is 9.24. The van der Waals surface area contributed by atoms with E-state index in [9.17, 15) is 21.6 Å². The number of sulfonamides is 2. The highest BCUT2D eigenvalue weighted by Gasteiger charge is 2.43. The first-order valence-corrected chi connectivity index (χ1v) is 12.5. The molecule has 4 rings (SSSR count). The quantitative estimate of drug-likeness (QED) is 0.707. The van der Waals surface area contributed by atoms with Crippen molar-refractivity contribution in [3.8, 4) is 5.75 Å². The Morgan fingerprint density at radius 1 is 1.10 bits per heavy atom. The Labute approximate surface area is 176 Å². The van der Waals surface area contributed by atoms with Crippen LogP contribution in [0.3, 0.4) is 0 Å². The van der Waals surface area contributed by atoms with Gasteiger partial charge in [0.15, 0.2) is 0 Å². The highest BCUT2D eigenvalue weighted by molar-refractivity contribution is 7.94. The normalized spacial score (nSPS) is 23.0. The van der Waals surface area contributed by atoms with Crippen molar-refractivity contribution in [2.45, 2.75) is 31.2 Å². The minimum atomic E-state index is -4.09. The zero-order valence-electron chi connectivity index (χ0n) is 16.8. The molecule has 0 spiro atoms. The maximum atomic E-state index is 13.7. The summed E-state index contributed by atoms with van der Waals surface area (Å²) in [6.45, 7) is 3.34. The van der Waals surface area contributed by atoms with Crippen LogP contribution in [0.2, 0.25) is 0 Å². The van der Waals surface area contributed by atoms with E-state index in [0.717, 1.165) is 5.56 Å². The van der Waals surface area contributed by atoms with Gasteiger partial charge in [0.1, 0.15) is 10.6 Å². The molecule has 10 heteroatoms. The fourth-order valence-electron chi connectivity index (χ4n) is 4.09. The third-order valence-electron chi connectivity index (χ3n) is 5.42. The number of hydrogen-bond donors (Lipinski definition) is 0. The average Bonchev–Trinajstić information content (AvgIpc) is 3.13. The summed E-state index contributed by atoms with van der Waals surface area (Å²) >= 11 is 0. The van der Waals surface area contributed by atoms with Gasteiger partial charge in [-0.1, -0.05) is 25.1 Å². The molecule has 1 amide bonds. The van der Waals surface area contributed by atoms with Crippen LogP contribution >= 0.6 is 0 Å². The van der Waals surface area contributed by atoms with Crippen LogP contribution in [0.1, 0.15) is 19.4 Å². The predicted molar refractivity (Wildman–Crippen MR) is 113 cm³/mol. The van der Waals surface area contributed by atoms with Gasteiger partial charge in [-0.15, -0.1) is 0 Å². The molecule has 30 heavy (non-hydrogen) atoms. The molecule has 2 aromatic carbocycles. The molecular weight excluding hydrogens is 428 g/mol. The molecule has 0 N–H and O–H groups in total. The van der Waals surface area contributed by atoms with Crippen LogP contribution in [0, 0.1) is 5.92 Å². The largest absolute Gasteiger partial charge is 0.495 e. The van der Waals surface area contributed by atoms with Gasteiger partial charge in [-0.2, -0.15) is 0 Å². The summed E-state index contributed by atoms with van der Waals surface area (Å²) in [5.41, 5.74) is 1.48. The fraction of sp³-hybridized carbons (Fsp3) is 0.350. The number of carbonyl (C=O) groups is 1. The standard InChI is InChI=1S/C20H22N2O6S2/c1-13-12-29(24,25)22(20(13)23)16-8-9-18(28-3)19(11-16)30(26,27)21-14(2)10-15-6-4-5-7-17(15)21/h4-9,11,13-14H,10,12H2,1-3H3. The van der Waals surface area contributed by atoms with Gasteiger partial charge < -0.3 is 4.74 Å². The van der Waals surface area contributed by atoms with Gasteiger partial charge in [0.25, 0.3) is 10.0 Å². The van der Waals surface area contributed by atoms with E-state index in [4.69, 9.17) is 4.74 Å². The van der Waals surface area contributed by atoms with Gasteiger partial charge in [-0.25, -0.2) is 21.1 Å². The van der Waals surface area contributed by atoms with Crippen molar-refractivity contribution in [2.75, 3.05) is 21.5 Å². The van der Waals surface area contributed by atoms with E-state index in [1.807, 2.05) is 19.1 Å². The molecule has 2 aromatic rings. The van der Waals surface area contributed by atoms with Crippen molar-refractivity contribution in [2.24, 2.45) is 5.92 Å². The average molecular weight is 451 g/mol. The topological polar surface area (TPSA) is 101 Å². The summed E-state index contributed by atoms with van der Waals surface area (Å²) in [5.74, 6) is -1.50. The van der Waals surface area contributed by atoms with Crippen LogP contribution in [0.4, 0.5) is 11.4 Å². The zero-order chi connectivity index (χ0) is 21.8. The summed E-state index contributed by atoms with van der Waals surface area (Å²) in [5, 5.41) is 0. The number of rotatable bonds is 4. The molecule has 1 fully saturated rings. The fourth-order valence-corrected chi connectivity index (χ4v) is 7.77. The summed E-state index contributed by atoms with van der Waals surface area (Å²) < 4.78 is 59.6. The Hall–Kier alpha value is -2.59. The Bertz CT molecular complexity index is 1240. The lowest BCUT2D eigenvalue weighted by atomic mass is 10.1. The molecule has 2 aliphatic heterocycles. The van der Waals surface area contributed by atoms with E-state index in [1.54, 1.807) is 12.1 Å². The van der Waals surface area contributed by atoms with Crippen LogP contribution in [0.25, 0.3) is 0 Å². The highest BCUT2D eigenvalue weighted by atomic mass is 32.2. The second-order valence-corrected chi connectivity index (χ2v) is 11.2. The summed E-state index contributed by atoms with van der Waals surface area (Å²) in [6.07, 6.45) is 0.563. The Morgan fingerprint density at radius 3 is 2.43 bits per heavy atom. The van der Waals surface area contributed by atoms with Gasteiger partial charge in [-0.05, 0) is 43.2 Å². The number of hydrogen-bond acceptors (Lipinski definition) is 6. The van der Waals surface area contributed by atoms with E-state index >= 15 is 0 Å². The maximum Gasteiger partial charge on any atom is 0.268 e. The second-order valence-electron chi connectivity index (χ2n) is 7.60. The SMILES string of the molecule is COc1ccc(N2C(=O)C(C)CS2(=O)=O)cc1S(=O)(=O)N1c2ccccc2CC1C. The summed E-state index contributed by atoms with van der Waals surface area (Å²) in [4.78, 5) is 12.3. The zero-order valence-corrected chi connectivity index (χ0v) is 18.4. The van der Waals surface area contributed by atoms with Crippen molar-refractivity contribution in [3.05, 3.63) is 48.0 Å². The Kier molecular flexibility index (Phi) is 4.81. The molecule has 0 aromatic heterocycles. The molecular formula is C20H22N2O6S2. The van der Waals surface area contributed by atoms with Crippen molar-refractivity contribution >= 4 is 37.3 Å². The number of amides is 1. The van der Waals surface area contributed by atoms with Gasteiger partial charge in [-0.3, -0.25) is 9.10 Å². The maximum absolute atomic E-state index is 13.7. The summed E-state index contributed by atoms with van der Waals surface area (Å²) in [7, 11) is -6.61. The lowest BCUT2D eigenvalue weighted by Gasteiger charge is -2.26. The molecule has 2 atom stereocenters. The lowest BCUT2D eigenvalue weighted by molar-refractivity contribution is -0.119. The Morgan fingerprint density at radius 2 is 1.80 bits per heavy atom. The highest BCUT2D eigenvalue weighted by Crippen LogP contribution is 2.40. The van der Waals surface area contributed by atoms with Gasteiger partial charge in [0.05, 0.1) is 30.2 Å². The molecule has 8 nitrogen and oxygen atoms in total. The van der Waals surface area contributed by atoms with Crippen LogP contribution in [-0.4, -0.2) is 41.6 Å². The van der Waals surface area contributed by atoms with Crippen LogP contribution in [0.15, 0.2) is 47.4 Å². The molecule has 2 aliphatic rings. The number of fused-ring (bicyclic) bond motifs is 1. The Balaban J connectivity index is 1.87. The van der Waals surface area contributed by atoms with Gasteiger partial charge in [0, 0.05) is 6.04 Å². The van der Waals surface area contributed by atoms with E-state index in [0.29, 0.717) is 16.4 Å². The lowest BCUT2D eigenvalue weighted by Crippen LogP contribution is -2.36. The third kappa shape index (κ3) is 3.05. The number of benzene rings is 2. The molecule has 0 aliphatic carbocycles. The van der Waals surface area contributed by atoms with Crippen LogP contribution < -0.4 is 13.3 Å². The first kappa shape index (κ1) is 20.7. The van der Waals surface area contributed by atoms with Crippen LogP contribution in [-0.2, 0) is 31.3 Å². The van der Waals surface area contributed by atoms with E-state index in [2.05, 4.69) is 0 Å². The minimum Gasteiger partial charge on any atom is -0.495 e. The molecule has 2 unspecified atom stereocenters. The first-order chi connectivity index (χ1) is 14.1. The van der Waals surface area contributed by atoms with Gasteiger partial charge in [0.2, 0.25) is 15.9 Å². The smallest absolute Gasteiger partial charge is 0.268 e. The summed E-state index contributed by atoms with van der Waals surface area (Å²) in [6, 6.07) is 10.9. The van der Waals surface area contributed by atoms with Crippen molar-refractivity contribution in [3.63, 3.8) is 0 Å². The number of ether oxygens (including phenoxy) is 1. The monoisotopic (exact) mass is 450 g/mol. The molecule has 2 heterocycles. The predicted octanol–water partition coefficient (Wildman–Crippen LogP) is 2.15. The van der Waals surface area contributed by atoms with Gasteiger partial charge >= 0.3 is 0 Å². The number of carbonyl (C=O) groups excluding carboxylic acids is 1. The van der Waals surface area contributed by atoms with Crippen LogP contribution in [0.5, 0.6) is 5.75 Å². The molecule has 160 valence electrons. The number of methoxy groups -OCH3 is 1. The molecule has 0 bridgehead atoms. The number of para-hydroxylation sites is 1. The number of anilines is 2. The number of nitrogens with zero attached hydrogens (tertiary/aromatic N) is 2. The van der Waals surface area contributed by atoms with Crippen molar-refractivity contribution in [1.82, 2.24) is 0 Å². The van der Waals surface area contributed by atoms with E-state index in [1.165, 1.54) is 36.5 Å². The minimum absolute atomic E-state index is 0.0103. The second kappa shape index (κ2) is 6.98. The van der Waals surface area contributed by atoms with Crippen molar-refractivity contribution < 1.29 is 26.4 Å². The van der Waals surface area contributed by atoms with E-state index in [-0.39, 0.29) is 28.1 Å². The molecule has 0 radical (unpaired) electrons. The molecule has 1 saturated heterocycles. The molecule has 0 saturated carbocycles. The van der Waals surface area contributed by atoms with Crippen molar-refractivity contribution in [1.29, 1.82) is 0 Å².